The summed E-state index contributed by atoms with van der Waals surface area (Å²) in [7, 11) is 1.67. The number of ether oxygens (including phenoxy) is 2. The fourth-order valence-corrected chi connectivity index (χ4v) is 2.83. The molecule has 27 heavy (non-hydrogen) atoms. The molecule has 1 heterocycles. The van der Waals surface area contributed by atoms with E-state index in [-0.39, 0.29) is 6.04 Å². The van der Waals surface area contributed by atoms with Gasteiger partial charge in [0.2, 0.25) is 0 Å². The van der Waals surface area contributed by atoms with E-state index in [1.807, 2.05) is 24.3 Å². The quantitative estimate of drug-likeness (QED) is 0.623. The Labute approximate surface area is 161 Å². The summed E-state index contributed by atoms with van der Waals surface area (Å²) in [5.41, 5.74) is 4.79. The van der Waals surface area contributed by atoms with Crippen LogP contribution in [0.3, 0.4) is 0 Å². The Morgan fingerprint density at radius 2 is 1.67 bits per heavy atom. The molecule has 0 saturated heterocycles. The van der Waals surface area contributed by atoms with Crippen LogP contribution in [0.2, 0.25) is 0 Å². The van der Waals surface area contributed by atoms with E-state index in [9.17, 15) is 0 Å². The number of rotatable bonds is 8. The Balaban J connectivity index is 1.60. The van der Waals surface area contributed by atoms with E-state index < -0.39 is 0 Å². The maximum absolute atomic E-state index is 5.90. The van der Waals surface area contributed by atoms with Crippen molar-refractivity contribution >= 4 is 0 Å². The predicted octanol–water partition coefficient (Wildman–Crippen LogP) is 4.83. The van der Waals surface area contributed by atoms with Gasteiger partial charge < -0.3 is 14.8 Å². The summed E-state index contributed by atoms with van der Waals surface area (Å²) in [5, 5.41) is 3.56. The molecular weight excluding hydrogens is 336 g/mol. The van der Waals surface area contributed by atoms with Crippen LogP contribution in [0.4, 0.5) is 0 Å². The molecule has 4 nitrogen and oxygen atoms in total. The zero-order valence-corrected chi connectivity index (χ0v) is 16.1. The molecule has 0 aliphatic heterocycles. The second-order valence-corrected chi connectivity index (χ2v) is 6.64. The molecule has 3 rings (SSSR count). The lowest BCUT2D eigenvalue weighted by Gasteiger charge is -2.16. The molecule has 3 aromatic rings. The van der Waals surface area contributed by atoms with Crippen molar-refractivity contribution in [1.29, 1.82) is 0 Å². The molecule has 0 aliphatic carbocycles. The van der Waals surface area contributed by atoms with Crippen molar-refractivity contribution in [3.8, 4) is 11.5 Å². The highest BCUT2D eigenvalue weighted by Gasteiger charge is 2.09. The van der Waals surface area contributed by atoms with Crippen LogP contribution < -0.4 is 14.8 Å². The van der Waals surface area contributed by atoms with E-state index in [4.69, 9.17) is 9.47 Å². The second-order valence-electron chi connectivity index (χ2n) is 6.64. The Morgan fingerprint density at radius 1 is 0.926 bits per heavy atom. The summed E-state index contributed by atoms with van der Waals surface area (Å²) >= 11 is 0. The smallest absolute Gasteiger partial charge is 0.161 e. The number of benzene rings is 2. The molecule has 0 amide bonds. The van der Waals surface area contributed by atoms with Crippen molar-refractivity contribution in [2.24, 2.45) is 0 Å². The molecule has 0 aliphatic rings. The van der Waals surface area contributed by atoms with Gasteiger partial charge in [-0.1, -0.05) is 35.9 Å². The molecule has 140 valence electrons. The lowest BCUT2D eigenvalue weighted by molar-refractivity contribution is 0.284. The molecule has 0 fully saturated rings. The maximum Gasteiger partial charge on any atom is 0.161 e. The fraction of sp³-hybridized carbons (Fsp3) is 0.261. The van der Waals surface area contributed by atoms with E-state index >= 15 is 0 Å². The van der Waals surface area contributed by atoms with Crippen molar-refractivity contribution in [3.05, 3.63) is 89.2 Å². The van der Waals surface area contributed by atoms with Crippen molar-refractivity contribution in [3.63, 3.8) is 0 Å². The third kappa shape index (κ3) is 5.31. The van der Waals surface area contributed by atoms with Gasteiger partial charge in [-0.25, -0.2) is 0 Å². The molecular formula is C23H26N2O2. The standard InChI is InChI=1S/C23H26N2O2/c1-17-4-7-21(8-5-17)18(2)25-15-20-6-9-22(23(14-20)26-3)27-16-19-10-12-24-13-11-19/h4-14,18,25H,15-16H2,1-3H3. The number of aryl methyl sites for hydroxylation is 1. The van der Waals surface area contributed by atoms with E-state index in [1.54, 1.807) is 19.5 Å². The first-order chi connectivity index (χ1) is 13.2. The van der Waals surface area contributed by atoms with Crippen molar-refractivity contribution < 1.29 is 9.47 Å². The predicted molar refractivity (Wildman–Crippen MR) is 108 cm³/mol. The first kappa shape index (κ1) is 18.9. The summed E-state index contributed by atoms with van der Waals surface area (Å²) in [4.78, 5) is 4.02. The van der Waals surface area contributed by atoms with Crippen LogP contribution in [0, 0.1) is 6.92 Å². The molecule has 1 N–H and O–H groups in total. The second kappa shape index (κ2) is 9.19. The van der Waals surface area contributed by atoms with Gasteiger partial charge in [-0.2, -0.15) is 0 Å². The number of pyridine rings is 1. The zero-order valence-electron chi connectivity index (χ0n) is 16.1. The first-order valence-corrected chi connectivity index (χ1v) is 9.14. The van der Waals surface area contributed by atoms with Crippen LogP contribution in [0.1, 0.15) is 35.2 Å². The highest BCUT2D eigenvalue weighted by Crippen LogP contribution is 2.29. The minimum Gasteiger partial charge on any atom is -0.493 e. The largest absolute Gasteiger partial charge is 0.493 e. The molecule has 1 aromatic heterocycles. The lowest BCUT2D eigenvalue weighted by atomic mass is 10.1. The third-order valence-corrected chi connectivity index (χ3v) is 4.56. The van der Waals surface area contributed by atoms with Gasteiger partial charge in [0.1, 0.15) is 6.61 Å². The normalized spacial score (nSPS) is 11.8. The van der Waals surface area contributed by atoms with Gasteiger partial charge in [0.05, 0.1) is 7.11 Å². The lowest BCUT2D eigenvalue weighted by Crippen LogP contribution is -2.18. The van der Waals surface area contributed by atoms with E-state index in [0.717, 1.165) is 29.2 Å². The summed E-state index contributed by atoms with van der Waals surface area (Å²) in [6.45, 7) is 5.53. The molecule has 0 spiro atoms. The summed E-state index contributed by atoms with van der Waals surface area (Å²) in [5.74, 6) is 1.48. The summed E-state index contributed by atoms with van der Waals surface area (Å²) in [6, 6.07) is 18.8. The van der Waals surface area contributed by atoms with Gasteiger partial charge >= 0.3 is 0 Å². The van der Waals surface area contributed by atoms with Crippen molar-refractivity contribution in [2.75, 3.05) is 7.11 Å². The van der Waals surface area contributed by atoms with Crippen LogP contribution in [0.15, 0.2) is 67.0 Å². The minimum absolute atomic E-state index is 0.277. The first-order valence-electron chi connectivity index (χ1n) is 9.14. The Morgan fingerprint density at radius 3 is 2.37 bits per heavy atom. The minimum atomic E-state index is 0.277. The average molecular weight is 362 g/mol. The van der Waals surface area contributed by atoms with Crippen molar-refractivity contribution in [2.45, 2.75) is 33.0 Å². The number of nitrogens with one attached hydrogen (secondary N) is 1. The zero-order chi connectivity index (χ0) is 19.1. The maximum atomic E-state index is 5.90. The molecule has 2 aromatic carbocycles. The number of hydrogen-bond acceptors (Lipinski definition) is 4. The van der Waals surface area contributed by atoms with E-state index in [1.165, 1.54) is 11.1 Å². The number of aromatic nitrogens is 1. The summed E-state index contributed by atoms with van der Waals surface area (Å²) in [6.07, 6.45) is 3.53. The molecule has 0 bridgehead atoms. The highest BCUT2D eigenvalue weighted by molar-refractivity contribution is 5.43. The van der Waals surface area contributed by atoms with Gasteiger partial charge in [-0.05, 0) is 54.8 Å². The highest BCUT2D eigenvalue weighted by atomic mass is 16.5. The van der Waals surface area contributed by atoms with Crippen molar-refractivity contribution in [1.82, 2.24) is 10.3 Å². The van der Waals surface area contributed by atoms with Crippen LogP contribution in [-0.2, 0) is 13.2 Å². The van der Waals surface area contributed by atoms with Crippen LogP contribution >= 0.6 is 0 Å². The Bertz CT molecular complexity index is 848. The Hall–Kier alpha value is -2.85. The third-order valence-electron chi connectivity index (χ3n) is 4.56. The van der Waals surface area contributed by atoms with Crippen LogP contribution in [0.25, 0.3) is 0 Å². The van der Waals surface area contributed by atoms with Crippen LogP contribution in [0.5, 0.6) is 11.5 Å². The van der Waals surface area contributed by atoms with Gasteiger partial charge in [0.25, 0.3) is 0 Å². The average Bonchev–Trinajstić information content (AvgIpc) is 2.72. The number of hydrogen-bond donors (Lipinski definition) is 1. The van der Waals surface area contributed by atoms with E-state index in [0.29, 0.717) is 6.61 Å². The summed E-state index contributed by atoms with van der Waals surface area (Å²) < 4.78 is 11.4. The monoisotopic (exact) mass is 362 g/mol. The van der Waals surface area contributed by atoms with Gasteiger partial charge in [0.15, 0.2) is 11.5 Å². The number of methoxy groups -OCH3 is 1. The fourth-order valence-electron chi connectivity index (χ4n) is 2.83. The number of nitrogens with zero attached hydrogens (tertiary/aromatic N) is 1. The SMILES string of the molecule is COc1cc(CNC(C)c2ccc(C)cc2)ccc1OCc1ccncc1. The molecule has 0 saturated carbocycles. The van der Waals surface area contributed by atoms with Gasteiger partial charge in [-0.3, -0.25) is 4.98 Å². The molecule has 4 heteroatoms. The Kier molecular flexibility index (Phi) is 6.44. The molecule has 1 unspecified atom stereocenters. The van der Waals surface area contributed by atoms with E-state index in [2.05, 4.69) is 54.5 Å². The van der Waals surface area contributed by atoms with Gasteiger partial charge in [0, 0.05) is 25.0 Å². The topological polar surface area (TPSA) is 43.4 Å². The molecule has 0 radical (unpaired) electrons. The molecule has 1 atom stereocenters. The van der Waals surface area contributed by atoms with Crippen LogP contribution in [-0.4, -0.2) is 12.1 Å². The van der Waals surface area contributed by atoms with Gasteiger partial charge in [-0.15, -0.1) is 0 Å².